The Bertz CT molecular complexity index is 999. The molecule has 0 aromatic carbocycles. The molecule has 1 aromatic rings. The Balaban J connectivity index is 1.86. The van der Waals surface area contributed by atoms with Gasteiger partial charge in [0.1, 0.15) is 23.5 Å². The molecule has 0 spiro atoms. The highest BCUT2D eigenvalue weighted by molar-refractivity contribution is 8.01. The minimum Gasteiger partial charge on any atom is -0.389 e. The van der Waals surface area contributed by atoms with Crippen molar-refractivity contribution in [3.63, 3.8) is 0 Å². The topological polar surface area (TPSA) is 210 Å². The molecule has 18 heteroatoms. The van der Waals surface area contributed by atoms with E-state index in [0.717, 1.165) is 11.3 Å². The number of β-lactam (4-membered cyclic amide) rings is 1. The molecular formula is C13H15ClN6O8S3. The van der Waals surface area contributed by atoms with Gasteiger partial charge in [0, 0.05) is 5.38 Å². The van der Waals surface area contributed by atoms with Crippen LogP contribution in [0.2, 0.25) is 0 Å². The molecule has 2 rings (SSSR count). The van der Waals surface area contributed by atoms with Gasteiger partial charge in [-0.15, -0.1) is 34.7 Å². The lowest BCUT2D eigenvalue weighted by molar-refractivity contribution is -0.141. The van der Waals surface area contributed by atoms with Crippen molar-refractivity contribution in [1.82, 2.24) is 14.6 Å². The highest BCUT2D eigenvalue weighted by Crippen LogP contribution is 2.32. The molecule has 1 aromatic heterocycles. The number of oxime groups is 1. The molecule has 1 aliphatic rings. The number of hydrogen-bond acceptors (Lipinski definition) is 11. The first-order valence-corrected chi connectivity index (χ1v) is 11.9. The van der Waals surface area contributed by atoms with E-state index in [2.05, 4.69) is 20.8 Å². The molecule has 0 unspecified atom stereocenters. The average Bonchev–Trinajstić information content (AvgIpc) is 3.12. The Morgan fingerprint density at radius 1 is 1.48 bits per heavy atom. The first kappa shape index (κ1) is 24.8. The Kier molecular flexibility index (Phi) is 8.57. The zero-order valence-electron chi connectivity index (χ0n) is 15.3. The smallest absolute Gasteiger partial charge is 0.363 e. The van der Waals surface area contributed by atoms with Crippen LogP contribution in [-0.2, 0) is 40.9 Å². The molecule has 14 nitrogen and oxygen atoms in total. The van der Waals surface area contributed by atoms with E-state index < -0.39 is 45.3 Å². The van der Waals surface area contributed by atoms with Gasteiger partial charge in [0.15, 0.2) is 11.7 Å². The number of nitrogens with zero attached hydrogens (tertiary/aromatic N) is 3. The minimum atomic E-state index is -4.88. The Hall–Kier alpha value is -2.47. The number of anilines is 1. The fourth-order valence-corrected chi connectivity index (χ4v) is 5.07. The van der Waals surface area contributed by atoms with Crippen molar-refractivity contribution in [2.45, 2.75) is 18.0 Å². The summed E-state index contributed by atoms with van der Waals surface area (Å²) in [6.45, 7) is -0.132. The number of alkyl halides is 1. The number of nitrogens with one attached hydrogen (secondary N) is 2. The number of primary amides is 1. The number of thiazole rings is 1. The SMILES string of the molecule is NC(=O)CS[C@H]1[C@H](NC(=O)C=NOCc2csc(NC(=O)CCl)n2)C(=O)N1S(=O)(=O)O. The van der Waals surface area contributed by atoms with Crippen LogP contribution < -0.4 is 16.4 Å². The third-order valence-electron chi connectivity index (χ3n) is 3.32. The summed E-state index contributed by atoms with van der Waals surface area (Å²) in [6.07, 6.45) is 0.696. The van der Waals surface area contributed by atoms with E-state index in [-0.39, 0.29) is 22.5 Å². The van der Waals surface area contributed by atoms with Crippen molar-refractivity contribution in [3.8, 4) is 0 Å². The number of amides is 4. The number of nitrogens with two attached hydrogens (primary N) is 1. The van der Waals surface area contributed by atoms with Crippen molar-refractivity contribution in [2.75, 3.05) is 16.9 Å². The molecule has 1 fully saturated rings. The summed E-state index contributed by atoms with van der Waals surface area (Å²) in [7, 11) is -4.88. The molecule has 0 saturated carbocycles. The van der Waals surface area contributed by atoms with Crippen LogP contribution in [0.4, 0.5) is 5.13 Å². The minimum absolute atomic E-state index is 0.127. The van der Waals surface area contributed by atoms with Gasteiger partial charge in [-0.2, -0.15) is 12.7 Å². The molecular weight excluding hydrogens is 500 g/mol. The monoisotopic (exact) mass is 514 g/mol. The lowest BCUT2D eigenvalue weighted by Gasteiger charge is -2.43. The Morgan fingerprint density at radius 3 is 2.81 bits per heavy atom. The molecule has 2 heterocycles. The van der Waals surface area contributed by atoms with Gasteiger partial charge in [-0.1, -0.05) is 5.16 Å². The van der Waals surface area contributed by atoms with Gasteiger partial charge in [-0.3, -0.25) is 23.7 Å². The molecule has 5 N–H and O–H groups in total. The first-order valence-electron chi connectivity index (χ1n) is 7.99. The average molecular weight is 515 g/mol. The molecule has 1 aliphatic heterocycles. The number of hydrogen-bond donors (Lipinski definition) is 4. The van der Waals surface area contributed by atoms with Crippen LogP contribution in [0.25, 0.3) is 0 Å². The second-order valence-corrected chi connectivity index (χ2v) is 9.12. The summed E-state index contributed by atoms with van der Waals surface area (Å²) in [5, 5.41) is 8.66. The van der Waals surface area contributed by atoms with Gasteiger partial charge >= 0.3 is 10.3 Å². The van der Waals surface area contributed by atoms with Crippen molar-refractivity contribution >= 4 is 80.0 Å². The maximum atomic E-state index is 11.9. The standard InChI is InChI=1S/C13H15ClN6O8S3/c14-1-8(22)19-13-17-6(4-30-13)3-28-16-2-9(23)18-10-11(24)20(31(25,26)27)12(10)29-5-7(15)21/h2,4,10,12H,1,3,5H2,(H2,15,21)(H,18,23)(H,17,19,22)(H,25,26,27)/t10-,12+/m1/s1. The second kappa shape index (κ2) is 10.7. The van der Waals surface area contributed by atoms with Crippen molar-refractivity contribution in [3.05, 3.63) is 11.1 Å². The number of thioether (sulfide) groups is 1. The Morgan fingerprint density at radius 2 is 2.19 bits per heavy atom. The van der Waals surface area contributed by atoms with Crippen LogP contribution in [0.15, 0.2) is 10.5 Å². The molecule has 1 saturated heterocycles. The molecule has 0 radical (unpaired) electrons. The summed E-state index contributed by atoms with van der Waals surface area (Å²) >= 11 is 7.14. The molecule has 0 bridgehead atoms. The second-order valence-electron chi connectivity index (χ2n) is 5.60. The van der Waals surface area contributed by atoms with E-state index in [9.17, 15) is 27.6 Å². The number of halogens is 1. The number of carbonyl (C=O) groups is 4. The van der Waals surface area contributed by atoms with Gasteiger partial charge in [0.2, 0.25) is 11.8 Å². The predicted octanol–water partition coefficient (Wildman–Crippen LogP) is -1.50. The number of carbonyl (C=O) groups excluding carboxylic acids is 4. The van der Waals surface area contributed by atoms with Gasteiger partial charge in [-0.25, -0.2) is 4.98 Å². The van der Waals surface area contributed by atoms with E-state index in [1.807, 2.05) is 0 Å². The molecule has 31 heavy (non-hydrogen) atoms. The summed E-state index contributed by atoms with van der Waals surface area (Å²) in [5.74, 6) is -3.78. The number of aromatic nitrogens is 1. The van der Waals surface area contributed by atoms with Gasteiger partial charge in [0.25, 0.3) is 11.8 Å². The summed E-state index contributed by atoms with van der Waals surface area (Å²) in [5.41, 5.74) is 5.40. The summed E-state index contributed by atoms with van der Waals surface area (Å²) < 4.78 is 31.8. The van der Waals surface area contributed by atoms with Crippen LogP contribution in [0.1, 0.15) is 5.69 Å². The molecule has 0 aliphatic carbocycles. The lowest BCUT2D eigenvalue weighted by Crippen LogP contribution is -2.70. The first-order chi connectivity index (χ1) is 14.5. The van der Waals surface area contributed by atoms with Crippen LogP contribution in [0.5, 0.6) is 0 Å². The van der Waals surface area contributed by atoms with Crippen LogP contribution in [0, 0.1) is 0 Å². The van der Waals surface area contributed by atoms with Crippen LogP contribution in [-0.4, -0.2) is 75.2 Å². The van der Waals surface area contributed by atoms with Gasteiger partial charge in [0.05, 0.1) is 11.4 Å². The van der Waals surface area contributed by atoms with E-state index in [1.165, 1.54) is 0 Å². The third kappa shape index (κ3) is 7.03. The zero-order valence-corrected chi connectivity index (χ0v) is 18.5. The van der Waals surface area contributed by atoms with Crippen molar-refractivity contribution in [1.29, 1.82) is 0 Å². The van der Waals surface area contributed by atoms with Crippen molar-refractivity contribution in [2.24, 2.45) is 10.9 Å². The lowest BCUT2D eigenvalue weighted by atomic mass is 10.1. The molecule has 4 amide bonds. The summed E-state index contributed by atoms with van der Waals surface area (Å²) in [4.78, 5) is 54.8. The van der Waals surface area contributed by atoms with Crippen molar-refractivity contribution < 1.29 is 37.0 Å². The highest BCUT2D eigenvalue weighted by atomic mass is 35.5. The van der Waals surface area contributed by atoms with E-state index in [4.69, 9.17) is 26.7 Å². The van der Waals surface area contributed by atoms with E-state index in [0.29, 0.717) is 28.8 Å². The van der Waals surface area contributed by atoms with E-state index in [1.54, 1.807) is 5.38 Å². The zero-order chi connectivity index (χ0) is 23.2. The fourth-order valence-electron chi connectivity index (χ4n) is 2.11. The highest BCUT2D eigenvalue weighted by Gasteiger charge is 2.54. The predicted molar refractivity (Wildman–Crippen MR) is 111 cm³/mol. The third-order valence-corrected chi connectivity index (χ3v) is 6.68. The maximum absolute atomic E-state index is 11.9. The van der Waals surface area contributed by atoms with Gasteiger partial charge in [-0.05, 0) is 0 Å². The number of rotatable bonds is 11. The Labute approximate surface area is 188 Å². The van der Waals surface area contributed by atoms with Crippen LogP contribution >= 0.6 is 34.7 Å². The van der Waals surface area contributed by atoms with E-state index >= 15 is 0 Å². The molecule has 170 valence electrons. The molecule has 2 atom stereocenters. The fraction of sp³-hybridized carbons (Fsp3) is 0.385. The summed E-state index contributed by atoms with van der Waals surface area (Å²) in [6, 6.07) is -1.34. The van der Waals surface area contributed by atoms with Gasteiger partial charge < -0.3 is 21.2 Å². The quantitative estimate of drug-likeness (QED) is 0.0881. The largest absolute Gasteiger partial charge is 0.389 e. The normalized spacial score (nSPS) is 18.5. The maximum Gasteiger partial charge on any atom is 0.363 e. The van der Waals surface area contributed by atoms with Crippen LogP contribution in [0.3, 0.4) is 0 Å².